The van der Waals surface area contributed by atoms with Gasteiger partial charge in [0.2, 0.25) is 11.8 Å². The number of carbonyl (C=O) groups is 2. The molecule has 0 aliphatic carbocycles. The number of oxazole rings is 1. The van der Waals surface area contributed by atoms with Gasteiger partial charge >= 0.3 is 0 Å². The third-order valence-electron chi connectivity index (χ3n) is 3.21. The monoisotopic (exact) mass is 508 g/mol. The number of aromatic nitrogens is 1. The van der Waals surface area contributed by atoms with Crippen LogP contribution in [0.1, 0.15) is 16.1 Å². The number of amides is 1. The molecule has 3 aromatic rings. The summed E-state index contributed by atoms with van der Waals surface area (Å²) in [4.78, 5) is 24.6. The maximum atomic E-state index is 10.5. The molecule has 160 valence electrons. The van der Waals surface area contributed by atoms with Gasteiger partial charge in [0, 0.05) is 21.2 Å². The Morgan fingerprint density at radius 1 is 0.867 bits per heavy atom. The molecule has 10 heteroatoms. The Labute approximate surface area is 199 Å². The van der Waals surface area contributed by atoms with Gasteiger partial charge in [0.1, 0.15) is 6.26 Å². The highest BCUT2D eigenvalue weighted by Crippen LogP contribution is 2.21. The molecule has 1 heterocycles. The molecule has 0 aliphatic heterocycles. The van der Waals surface area contributed by atoms with Crippen LogP contribution >= 0.6 is 58.0 Å². The van der Waals surface area contributed by atoms with Gasteiger partial charge in [-0.1, -0.05) is 23.2 Å². The molecule has 30 heavy (non-hydrogen) atoms. The molecular weight excluding hydrogens is 493 g/mol. The Hall–Kier alpha value is -1.76. The third-order valence-corrected chi connectivity index (χ3v) is 4.58. The molecule has 0 fully saturated rings. The molecule has 5 nitrogen and oxygen atoms in total. The lowest BCUT2D eigenvalue weighted by molar-refractivity contribution is -0.114. The first kappa shape index (κ1) is 26.3. The SMILES string of the molecule is ClCc1coc(-c2ccc(Cl)cc2)n1.NC(=O)c1ccc(Cl)cc1.O=C(CCl)CCl. The zero-order chi connectivity index (χ0) is 22.5. The van der Waals surface area contributed by atoms with Gasteiger partial charge in [-0.15, -0.1) is 34.8 Å². The molecule has 0 aliphatic rings. The Bertz CT molecular complexity index is 922. The van der Waals surface area contributed by atoms with E-state index in [0.717, 1.165) is 11.3 Å². The first-order chi connectivity index (χ1) is 14.3. The number of nitrogens with two attached hydrogens (primary N) is 1. The van der Waals surface area contributed by atoms with Crippen LogP contribution in [0, 0.1) is 0 Å². The first-order valence-electron chi connectivity index (χ1n) is 8.26. The number of rotatable bonds is 5. The summed E-state index contributed by atoms with van der Waals surface area (Å²) in [5.41, 5.74) is 7.09. The summed E-state index contributed by atoms with van der Waals surface area (Å²) in [6, 6.07) is 13.7. The number of halogens is 5. The summed E-state index contributed by atoms with van der Waals surface area (Å²) < 4.78 is 5.24. The Kier molecular flexibility index (Phi) is 12.5. The molecular formula is C20H17Cl5N2O3. The lowest BCUT2D eigenvalue weighted by atomic mass is 10.2. The Balaban J connectivity index is 0.000000247. The highest BCUT2D eigenvalue weighted by Gasteiger charge is 2.05. The summed E-state index contributed by atoms with van der Waals surface area (Å²) in [5, 5.41) is 1.29. The summed E-state index contributed by atoms with van der Waals surface area (Å²) in [5.74, 6) is 0.427. The minimum absolute atomic E-state index is 0.0312. The molecule has 0 bridgehead atoms. The van der Waals surface area contributed by atoms with Gasteiger partial charge in [0.15, 0.2) is 5.78 Å². The molecule has 0 radical (unpaired) electrons. The minimum Gasteiger partial charge on any atom is -0.444 e. The maximum absolute atomic E-state index is 10.5. The van der Waals surface area contributed by atoms with Crippen molar-refractivity contribution in [2.45, 2.75) is 5.88 Å². The van der Waals surface area contributed by atoms with Crippen molar-refractivity contribution in [3.8, 4) is 11.5 Å². The molecule has 0 spiro atoms. The fourth-order valence-electron chi connectivity index (χ4n) is 1.74. The second kappa shape index (κ2) is 14.3. The molecule has 0 unspecified atom stereocenters. The van der Waals surface area contributed by atoms with Gasteiger partial charge < -0.3 is 10.2 Å². The van der Waals surface area contributed by atoms with Crippen LogP contribution < -0.4 is 5.73 Å². The van der Waals surface area contributed by atoms with Gasteiger partial charge in [0.25, 0.3) is 0 Å². The van der Waals surface area contributed by atoms with Crippen molar-refractivity contribution in [2.75, 3.05) is 11.8 Å². The zero-order valence-electron chi connectivity index (χ0n) is 15.5. The van der Waals surface area contributed by atoms with Crippen LogP contribution in [0.15, 0.2) is 59.2 Å². The summed E-state index contributed by atoms with van der Waals surface area (Å²) >= 11 is 27.0. The third kappa shape index (κ3) is 9.83. The summed E-state index contributed by atoms with van der Waals surface area (Å²) in [6.07, 6.45) is 1.55. The van der Waals surface area contributed by atoms with E-state index in [-0.39, 0.29) is 17.5 Å². The van der Waals surface area contributed by atoms with E-state index < -0.39 is 5.91 Å². The topological polar surface area (TPSA) is 86.2 Å². The average Bonchev–Trinajstić information content (AvgIpc) is 3.24. The molecule has 0 saturated carbocycles. The molecule has 1 amide bonds. The van der Waals surface area contributed by atoms with E-state index in [2.05, 4.69) is 4.98 Å². The number of carbonyl (C=O) groups excluding carboxylic acids is 2. The van der Waals surface area contributed by atoms with Crippen molar-refractivity contribution >= 4 is 69.7 Å². The fraction of sp³-hybridized carbons (Fsp3) is 0.150. The van der Waals surface area contributed by atoms with Gasteiger partial charge in [-0.05, 0) is 48.5 Å². The van der Waals surface area contributed by atoms with E-state index in [9.17, 15) is 9.59 Å². The van der Waals surface area contributed by atoms with Crippen molar-refractivity contribution < 1.29 is 14.0 Å². The highest BCUT2D eigenvalue weighted by molar-refractivity contribution is 6.35. The van der Waals surface area contributed by atoms with Crippen LogP contribution in [0.2, 0.25) is 10.0 Å². The molecule has 0 atom stereocenters. The Morgan fingerprint density at radius 2 is 1.37 bits per heavy atom. The smallest absolute Gasteiger partial charge is 0.248 e. The number of benzene rings is 2. The quantitative estimate of drug-likeness (QED) is 0.414. The van der Waals surface area contributed by atoms with E-state index in [1.165, 1.54) is 0 Å². The second-order valence-corrected chi connectivity index (χ2v) is 7.14. The number of nitrogens with zero attached hydrogens (tertiary/aromatic N) is 1. The van der Waals surface area contributed by atoms with Gasteiger partial charge in [-0.2, -0.15) is 0 Å². The van der Waals surface area contributed by atoms with Crippen LogP contribution in [-0.2, 0) is 10.7 Å². The predicted molar refractivity (Wildman–Crippen MR) is 123 cm³/mol. The summed E-state index contributed by atoms with van der Waals surface area (Å²) in [6.45, 7) is 0. The maximum Gasteiger partial charge on any atom is 0.248 e. The van der Waals surface area contributed by atoms with Crippen molar-refractivity contribution in [1.29, 1.82) is 0 Å². The number of hydrogen-bond acceptors (Lipinski definition) is 4. The van der Waals surface area contributed by atoms with Crippen molar-refractivity contribution in [3.05, 3.63) is 76.1 Å². The lowest BCUT2D eigenvalue weighted by Crippen LogP contribution is -2.10. The summed E-state index contributed by atoms with van der Waals surface area (Å²) in [7, 11) is 0. The van der Waals surface area contributed by atoms with Crippen LogP contribution in [0.4, 0.5) is 0 Å². The van der Waals surface area contributed by atoms with Gasteiger partial charge in [0.05, 0.1) is 23.3 Å². The number of ketones is 1. The largest absolute Gasteiger partial charge is 0.444 e. The van der Waals surface area contributed by atoms with Crippen molar-refractivity contribution in [3.63, 3.8) is 0 Å². The van der Waals surface area contributed by atoms with E-state index >= 15 is 0 Å². The van der Waals surface area contributed by atoms with Gasteiger partial charge in [-0.25, -0.2) is 4.98 Å². The van der Waals surface area contributed by atoms with E-state index in [0.29, 0.717) is 27.4 Å². The van der Waals surface area contributed by atoms with Crippen LogP contribution in [0.25, 0.3) is 11.5 Å². The molecule has 2 N–H and O–H groups in total. The highest BCUT2D eigenvalue weighted by atomic mass is 35.5. The van der Waals surface area contributed by atoms with E-state index in [1.807, 2.05) is 12.1 Å². The molecule has 1 aromatic heterocycles. The van der Waals surface area contributed by atoms with E-state index in [4.69, 9.17) is 68.2 Å². The minimum atomic E-state index is -0.434. The Morgan fingerprint density at radius 3 is 1.73 bits per heavy atom. The number of primary amides is 1. The molecule has 2 aromatic carbocycles. The number of Topliss-reactive ketones (excluding diaryl/α,β-unsaturated/α-hetero) is 1. The molecule has 0 saturated heterocycles. The van der Waals surface area contributed by atoms with E-state index in [1.54, 1.807) is 42.7 Å². The number of hydrogen-bond donors (Lipinski definition) is 1. The standard InChI is InChI=1S/C10H7Cl2NO.C7H6ClNO.C3H4Cl2O/c11-5-9-6-14-10(13-9)7-1-3-8(12)4-2-7;8-6-3-1-5(2-4-6)7(9)10;4-1-3(6)2-5/h1-4,6H,5H2;1-4H,(H2,9,10);1-2H2. The first-order valence-corrected chi connectivity index (χ1v) is 10.6. The number of alkyl halides is 3. The molecule has 3 rings (SSSR count). The van der Waals surface area contributed by atoms with Gasteiger partial charge in [-0.3, -0.25) is 9.59 Å². The average molecular weight is 511 g/mol. The van der Waals surface area contributed by atoms with Crippen molar-refractivity contribution in [2.24, 2.45) is 5.73 Å². The van der Waals surface area contributed by atoms with Crippen LogP contribution in [-0.4, -0.2) is 28.4 Å². The normalized spacial score (nSPS) is 9.63. The zero-order valence-corrected chi connectivity index (χ0v) is 19.2. The fourth-order valence-corrected chi connectivity index (χ4v) is 2.40. The van der Waals surface area contributed by atoms with Crippen LogP contribution in [0.5, 0.6) is 0 Å². The lowest BCUT2D eigenvalue weighted by Gasteiger charge is -1.94. The van der Waals surface area contributed by atoms with Crippen LogP contribution in [0.3, 0.4) is 0 Å². The predicted octanol–water partition coefficient (Wildman–Crippen LogP) is 6.21. The second-order valence-electron chi connectivity index (χ2n) is 5.46. The van der Waals surface area contributed by atoms with Crippen molar-refractivity contribution in [1.82, 2.24) is 4.98 Å².